The summed E-state index contributed by atoms with van der Waals surface area (Å²) in [7, 11) is 0. The Labute approximate surface area is 114 Å². The molecule has 1 fully saturated rings. The van der Waals surface area contributed by atoms with E-state index in [2.05, 4.69) is 15.6 Å². The van der Waals surface area contributed by atoms with Gasteiger partial charge in [0.25, 0.3) is 0 Å². The number of benzene rings is 1. The molecule has 1 heterocycles. The van der Waals surface area contributed by atoms with E-state index >= 15 is 0 Å². The number of nitrogen functional groups attached to an aromatic ring is 1. The second-order valence-electron chi connectivity index (χ2n) is 3.15. The highest BCUT2D eigenvalue weighted by atomic mass is 79.9. The third-order valence-corrected chi connectivity index (χ3v) is 2.55. The first-order valence-electron chi connectivity index (χ1n) is 4.48. The Balaban J connectivity index is 0.00000128. The summed E-state index contributed by atoms with van der Waals surface area (Å²) in [4.78, 5) is 4.27. The minimum atomic E-state index is 0. The van der Waals surface area contributed by atoms with E-state index < -0.39 is 0 Å². The number of halogens is 3. The van der Waals surface area contributed by atoms with Crippen LogP contribution in [-0.2, 0) is 0 Å². The number of hydrogen-bond acceptors (Lipinski definition) is 2. The molecule has 1 aliphatic rings. The van der Waals surface area contributed by atoms with Gasteiger partial charge in [0.05, 0.1) is 10.0 Å². The molecule has 0 atom stereocenters. The summed E-state index contributed by atoms with van der Waals surface area (Å²) in [5.74, 6) is 0.684. The summed E-state index contributed by atoms with van der Waals surface area (Å²) in [5, 5.41) is 7.02. The summed E-state index contributed by atoms with van der Waals surface area (Å²) in [6.45, 7) is 1.70. The molecule has 1 saturated heterocycles. The molecule has 0 amide bonds. The third-order valence-electron chi connectivity index (χ3n) is 1.97. The molecule has 0 aromatic heterocycles. The van der Waals surface area contributed by atoms with Gasteiger partial charge in [0.15, 0.2) is 5.96 Å². The van der Waals surface area contributed by atoms with Crippen molar-refractivity contribution in [1.29, 1.82) is 0 Å². The number of nitrogens with one attached hydrogen (secondary N) is 2. The summed E-state index contributed by atoms with van der Waals surface area (Å²) in [5.41, 5.74) is 6.65. The van der Waals surface area contributed by atoms with Crippen molar-refractivity contribution in [3.63, 3.8) is 0 Å². The lowest BCUT2D eigenvalue weighted by atomic mass is 10.3. The lowest BCUT2D eigenvalue weighted by Crippen LogP contribution is -2.23. The largest absolute Gasteiger partial charge is 0.399 e. The summed E-state index contributed by atoms with van der Waals surface area (Å²) >= 11 is 12.0. The first-order chi connectivity index (χ1) is 7.16. The van der Waals surface area contributed by atoms with Crippen molar-refractivity contribution in [3.8, 4) is 0 Å². The molecule has 0 aliphatic carbocycles. The molecule has 7 heteroatoms. The summed E-state index contributed by atoms with van der Waals surface area (Å²) in [6.07, 6.45) is 0. The zero-order chi connectivity index (χ0) is 10.8. The van der Waals surface area contributed by atoms with E-state index in [9.17, 15) is 0 Å². The van der Waals surface area contributed by atoms with Crippen LogP contribution in [0, 0.1) is 0 Å². The molecule has 2 rings (SSSR count). The van der Waals surface area contributed by atoms with Gasteiger partial charge in [-0.2, -0.15) is 0 Å². The Bertz CT molecular complexity index is 391. The summed E-state index contributed by atoms with van der Waals surface area (Å²) in [6, 6.07) is 3.25. The van der Waals surface area contributed by atoms with Crippen LogP contribution in [0.25, 0.3) is 0 Å². The predicted molar refractivity (Wildman–Crippen MR) is 74.3 cm³/mol. The third kappa shape index (κ3) is 2.93. The SMILES string of the molecule is Br.Nc1cc(Cl)c(N=C2NCCN2)c(Cl)c1. The predicted octanol–water partition coefficient (Wildman–Crippen LogP) is 2.33. The highest BCUT2D eigenvalue weighted by Gasteiger charge is 2.10. The van der Waals surface area contributed by atoms with Gasteiger partial charge < -0.3 is 16.4 Å². The van der Waals surface area contributed by atoms with Crippen LogP contribution in [0.4, 0.5) is 11.4 Å². The van der Waals surface area contributed by atoms with Crippen molar-refractivity contribution in [3.05, 3.63) is 22.2 Å². The second-order valence-corrected chi connectivity index (χ2v) is 3.96. The van der Waals surface area contributed by atoms with E-state index in [4.69, 9.17) is 28.9 Å². The smallest absolute Gasteiger partial charge is 0.196 e. The molecule has 1 aliphatic heterocycles. The highest BCUT2D eigenvalue weighted by molar-refractivity contribution is 8.93. The number of rotatable bonds is 1. The van der Waals surface area contributed by atoms with E-state index in [0.29, 0.717) is 27.4 Å². The van der Waals surface area contributed by atoms with Crippen LogP contribution in [0.15, 0.2) is 17.1 Å². The molecule has 1 aromatic rings. The van der Waals surface area contributed by atoms with E-state index in [1.165, 1.54) is 0 Å². The van der Waals surface area contributed by atoms with Gasteiger partial charge in [-0.3, -0.25) is 0 Å². The van der Waals surface area contributed by atoms with Crippen molar-refractivity contribution in [1.82, 2.24) is 10.6 Å². The van der Waals surface area contributed by atoms with Gasteiger partial charge in [-0.05, 0) is 12.1 Å². The Kier molecular flexibility index (Phi) is 4.70. The van der Waals surface area contributed by atoms with Crippen LogP contribution in [0.3, 0.4) is 0 Å². The molecular weight excluding hydrogens is 315 g/mol. The maximum atomic E-state index is 5.99. The molecule has 0 saturated carbocycles. The normalized spacial score (nSPS) is 13.8. The van der Waals surface area contributed by atoms with Gasteiger partial charge in [0, 0.05) is 18.8 Å². The van der Waals surface area contributed by atoms with Crippen molar-refractivity contribution in [2.45, 2.75) is 0 Å². The number of hydrogen-bond donors (Lipinski definition) is 3. The quantitative estimate of drug-likeness (QED) is 0.694. The van der Waals surface area contributed by atoms with Crippen molar-refractivity contribution < 1.29 is 0 Å². The minimum absolute atomic E-state index is 0. The Morgan fingerprint density at radius 2 is 1.62 bits per heavy atom. The summed E-state index contributed by atoms with van der Waals surface area (Å²) < 4.78 is 0. The molecule has 0 radical (unpaired) electrons. The second kappa shape index (κ2) is 5.61. The maximum absolute atomic E-state index is 5.99. The van der Waals surface area contributed by atoms with Gasteiger partial charge in [-0.25, -0.2) is 4.99 Å². The van der Waals surface area contributed by atoms with E-state index in [-0.39, 0.29) is 17.0 Å². The average molecular weight is 326 g/mol. The standard InChI is InChI=1S/C9H10Cl2N4.BrH/c10-6-3-5(12)4-7(11)8(6)15-9-13-1-2-14-9;/h3-4H,1-2,12H2,(H2,13,14,15);1H. The zero-order valence-corrected chi connectivity index (χ0v) is 11.5. The Morgan fingerprint density at radius 1 is 1.12 bits per heavy atom. The average Bonchev–Trinajstić information content (AvgIpc) is 2.63. The molecule has 0 spiro atoms. The fraction of sp³-hybridized carbons (Fsp3) is 0.222. The molecular formula is C9H11BrCl2N4. The van der Waals surface area contributed by atoms with Crippen LogP contribution < -0.4 is 16.4 Å². The fourth-order valence-corrected chi connectivity index (χ4v) is 1.90. The van der Waals surface area contributed by atoms with Gasteiger partial charge in [-0.15, -0.1) is 17.0 Å². The van der Waals surface area contributed by atoms with Crippen LogP contribution in [-0.4, -0.2) is 19.0 Å². The van der Waals surface area contributed by atoms with Crippen molar-refractivity contribution in [2.24, 2.45) is 4.99 Å². The topological polar surface area (TPSA) is 62.4 Å². The lowest BCUT2D eigenvalue weighted by molar-refractivity contribution is 0.942. The number of anilines is 1. The molecule has 4 nitrogen and oxygen atoms in total. The van der Waals surface area contributed by atoms with Crippen LogP contribution in [0.2, 0.25) is 10.0 Å². The number of guanidine groups is 1. The first-order valence-corrected chi connectivity index (χ1v) is 5.23. The van der Waals surface area contributed by atoms with Gasteiger partial charge in [0.2, 0.25) is 0 Å². The molecule has 1 aromatic carbocycles. The minimum Gasteiger partial charge on any atom is -0.399 e. The molecule has 88 valence electrons. The molecule has 0 unspecified atom stereocenters. The van der Waals surface area contributed by atoms with Gasteiger partial charge in [-0.1, -0.05) is 23.2 Å². The maximum Gasteiger partial charge on any atom is 0.196 e. The van der Waals surface area contributed by atoms with E-state index in [1.807, 2.05) is 0 Å². The Morgan fingerprint density at radius 3 is 2.12 bits per heavy atom. The van der Waals surface area contributed by atoms with Crippen LogP contribution in [0.5, 0.6) is 0 Å². The molecule has 0 bridgehead atoms. The van der Waals surface area contributed by atoms with Crippen molar-refractivity contribution >= 4 is 57.5 Å². The van der Waals surface area contributed by atoms with Crippen LogP contribution >= 0.6 is 40.2 Å². The van der Waals surface area contributed by atoms with Gasteiger partial charge in [0.1, 0.15) is 5.69 Å². The van der Waals surface area contributed by atoms with Gasteiger partial charge >= 0.3 is 0 Å². The molecule has 4 N–H and O–H groups in total. The highest BCUT2D eigenvalue weighted by Crippen LogP contribution is 2.35. The van der Waals surface area contributed by atoms with E-state index in [0.717, 1.165) is 13.1 Å². The lowest BCUT2D eigenvalue weighted by Gasteiger charge is -2.05. The Hall–Kier alpha value is -0.650. The monoisotopic (exact) mass is 324 g/mol. The zero-order valence-electron chi connectivity index (χ0n) is 8.26. The van der Waals surface area contributed by atoms with E-state index in [1.54, 1.807) is 12.1 Å². The fourth-order valence-electron chi connectivity index (χ4n) is 1.31. The molecule has 16 heavy (non-hydrogen) atoms. The van der Waals surface area contributed by atoms with Crippen LogP contribution in [0.1, 0.15) is 0 Å². The first kappa shape index (κ1) is 13.4. The number of aliphatic imine (C=N–C) groups is 1. The van der Waals surface area contributed by atoms with Crippen molar-refractivity contribution in [2.75, 3.05) is 18.8 Å². The number of nitrogens with two attached hydrogens (primary N) is 1. The number of nitrogens with zero attached hydrogens (tertiary/aromatic N) is 1.